The van der Waals surface area contributed by atoms with E-state index in [1.165, 1.54) is 5.56 Å². The van der Waals surface area contributed by atoms with Crippen molar-refractivity contribution >= 4 is 51.0 Å². The predicted octanol–water partition coefficient (Wildman–Crippen LogP) is 10.6. The Bertz CT molecular complexity index is 2080. The zero-order valence-corrected chi connectivity index (χ0v) is 32.1. The average molecular weight is 846 g/mol. The number of benzene rings is 4. The minimum Gasteiger partial charge on any atom is 0 e. The van der Waals surface area contributed by atoms with Crippen molar-refractivity contribution in [1.82, 2.24) is 4.98 Å². The summed E-state index contributed by atoms with van der Waals surface area (Å²) in [5, 5.41) is 2.27. The summed E-state index contributed by atoms with van der Waals surface area (Å²) in [6.07, 6.45) is 0.562. The molecule has 0 amide bonds. The van der Waals surface area contributed by atoms with Gasteiger partial charge in [-0.25, -0.2) is 0 Å². The molecule has 2 aromatic heterocycles. The van der Waals surface area contributed by atoms with E-state index in [4.69, 9.17) is 12.2 Å². The summed E-state index contributed by atoms with van der Waals surface area (Å²) < 4.78 is 24.5. The van der Waals surface area contributed by atoms with Crippen LogP contribution in [0.1, 0.15) is 53.0 Å². The molecule has 0 bridgehead atoms. The molecule has 1 aliphatic heterocycles. The van der Waals surface area contributed by atoms with Gasteiger partial charge in [-0.3, -0.25) is 0 Å². The maximum Gasteiger partial charge on any atom is 0 e. The Balaban J connectivity index is 0.000000186. The van der Waals surface area contributed by atoms with Gasteiger partial charge in [0.2, 0.25) is 0 Å². The fourth-order valence-corrected chi connectivity index (χ4v) is 9.10. The summed E-state index contributed by atoms with van der Waals surface area (Å²) in [6, 6.07) is 36.9. The van der Waals surface area contributed by atoms with Crippen molar-refractivity contribution in [2.75, 3.05) is 0 Å². The molecular formula is C41H42GeIrN2O-2. The van der Waals surface area contributed by atoms with Crippen molar-refractivity contribution in [1.29, 1.82) is 0 Å². The Labute approximate surface area is 293 Å². The number of furan rings is 1. The van der Waals surface area contributed by atoms with E-state index in [0.29, 0.717) is 5.92 Å². The molecule has 1 unspecified atom stereocenters. The molecule has 3 nitrogen and oxygen atoms in total. The number of fused-ring (bicyclic) bond motifs is 4. The number of aromatic nitrogens is 1. The third-order valence-electron chi connectivity index (χ3n) is 8.21. The van der Waals surface area contributed by atoms with E-state index in [9.17, 15) is 0 Å². The number of nitrogens with zero attached hydrogens (tertiary/aromatic N) is 2. The summed E-state index contributed by atoms with van der Waals surface area (Å²) in [5.74, 6) is 7.49. The van der Waals surface area contributed by atoms with Crippen molar-refractivity contribution in [3.05, 3.63) is 126 Å². The fraction of sp³-hybridized carbons (Fsp3) is 0.268. The summed E-state index contributed by atoms with van der Waals surface area (Å²) >= 11 is -2.20. The van der Waals surface area contributed by atoms with Gasteiger partial charge in [-0.15, -0.1) is 18.2 Å². The van der Waals surface area contributed by atoms with E-state index in [-0.39, 0.29) is 31.9 Å². The number of hydrogen-bond acceptors (Lipinski definition) is 3. The Morgan fingerprint density at radius 3 is 2.33 bits per heavy atom. The molecule has 0 saturated heterocycles. The van der Waals surface area contributed by atoms with Crippen LogP contribution in [0.5, 0.6) is 0 Å². The van der Waals surface area contributed by atoms with E-state index in [0.717, 1.165) is 60.1 Å². The minimum absolute atomic E-state index is 0. The molecule has 0 saturated carbocycles. The second kappa shape index (κ2) is 14.2. The molecule has 0 aliphatic carbocycles. The third-order valence-corrected chi connectivity index (χ3v) is 12.4. The van der Waals surface area contributed by atoms with Gasteiger partial charge in [0.15, 0.2) is 0 Å². The van der Waals surface area contributed by atoms with E-state index in [1.54, 1.807) is 0 Å². The van der Waals surface area contributed by atoms with Crippen molar-refractivity contribution in [3.63, 3.8) is 0 Å². The summed E-state index contributed by atoms with van der Waals surface area (Å²) in [7, 11) is 0. The predicted molar refractivity (Wildman–Crippen MR) is 193 cm³/mol. The van der Waals surface area contributed by atoms with Gasteiger partial charge in [0, 0.05) is 25.5 Å². The third kappa shape index (κ3) is 7.00. The van der Waals surface area contributed by atoms with Crippen LogP contribution >= 0.6 is 0 Å². The fourth-order valence-electron chi connectivity index (χ4n) is 6.15. The van der Waals surface area contributed by atoms with E-state index in [2.05, 4.69) is 78.6 Å². The standard InChI is InChI=1S/C23H18NO.C18H24GeN.Ir/c1-14(2)21-17-9-3-5-12-19(17)24-22(21)18-11-7-10-16-15-8-4-6-13-20(15)25-23(16)18;1-14(2)11-16-12-18(15-9-7-6-8-10-15)20-13-17(16)19(3,4)5;/h3-10,12-14,21H,1-2H3;6-9,12-14H,11H2,1-5H3;/q2*-1;/i;11D2;. The molecule has 0 fully saturated rings. The number of aliphatic imine (C=N–C) groups is 1. The Kier molecular flexibility index (Phi) is 9.67. The zero-order chi connectivity index (χ0) is 33.5. The number of hydrogen-bond donors (Lipinski definition) is 0. The molecule has 1 radical (unpaired) electrons. The summed E-state index contributed by atoms with van der Waals surface area (Å²) in [4.78, 5) is 9.57. The molecule has 1 aliphatic rings. The molecule has 3 heterocycles. The molecule has 6 aromatic rings. The van der Waals surface area contributed by atoms with Gasteiger partial charge >= 0.3 is 128 Å². The maximum absolute atomic E-state index is 8.56. The topological polar surface area (TPSA) is 38.4 Å². The van der Waals surface area contributed by atoms with Gasteiger partial charge in [-0.2, -0.15) is 0 Å². The van der Waals surface area contributed by atoms with Crippen LogP contribution in [0.15, 0.2) is 107 Å². The van der Waals surface area contributed by atoms with Crippen LogP contribution in [0.4, 0.5) is 5.69 Å². The van der Waals surface area contributed by atoms with Gasteiger partial charge in [0.25, 0.3) is 0 Å². The minimum atomic E-state index is -2.20. The van der Waals surface area contributed by atoms with Gasteiger partial charge in [0.1, 0.15) is 5.58 Å². The molecule has 1 atom stereocenters. The SMILES string of the molecule is CC(C)C1C(c2[c-]ccc3c2oc2ccccc23)=Nc2ccccc21.[2H]C([2H])(c1cc(-c2[c-]cccc2)nc[c]1[Ge]([CH3])([CH3])[CH3])C(C)C.[Ir]. The molecule has 7 rings (SSSR count). The monoisotopic (exact) mass is 847 g/mol. The second-order valence-electron chi connectivity index (χ2n) is 13.4. The molecular weight excluding hydrogens is 801 g/mol. The molecule has 5 heteroatoms. The first-order valence-corrected chi connectivity index (χ1v) is 23.2. The van der Waals surface area contributed by atoms with Gasteiger partial charge < -0.3 is 9.41 Å². The number of para-hydroxylation sites is 2. The van der Waals surface area contributed by atoms with Gasteiger partial charge in [-0.1, -0.05) is 61.2 Å². The summed E-state index contributed by atoms with van der Waals surface area (Å²) in [6.45, 7) is 8.38. The van der Waals surface area contributed by atoms with Gasteiger partial charge in [0.05, 0.1) is 11.3 Å². The number of pyridine rings is 1. The van der Waals surface area contributed by atoms with Crippen molar-refractivity contribution < 1.29 is 27.3 Å². The van der Waals surface area contributed by atoms with E-state index in [1.807, 2.05) is 80.7 Å². The molecule has 4 aromatic carbocycles. The van der Waals surface area contributed by atoms with Crippen molar-refractivity contribution in [2.45, 2.75) is 57.3 Å². The van der Waals surface area contributed by atoms with Crippen molar-refractivity contribution in [2.24, 2.45) is 16.8 Å². The van der Waals surface area contributed by atoms with Gasteiger partial charge in [-0.05, 0) is 35.2 Å². The summed E-state index contributed by atoms with van der Waals surface area (Å²) in [5.41, 5.74) is 8.76. The molecule has 0 spiro atoms. The number of rotatable bonds is 6. The first kappa shape index (κ1) is 31.3. The van der Waals surface area contributed by atoms with Crippen LogP contribution in [0.3, 0.4) is 0 Å². The quantitative estimate of drug-likeness (QED) is 0.124. The van der Waals surface area contributed by atoms with Crippen LogP contribution in [-0.2, 0) is 26.5 Å². The van der Waals surface area contributed by atoms with E-state index >= 15 is 0 Å². The zero-order valence-electron chi connectivity index (χ0n) is 29.6. The molecule has 46 heavy (non-hydrogen) atoms. The maximum atomic E-state index is 8.56. The van der Waals surface area contributed by atoms with Crippen LogP contribution < -0.4 is 4.40 Å². The first-order chi connectivity index (χ1) is 22.4. The van der Waals surface area contributed by atoms with Crippen LogP contribution in [0.25, 0.3) is 33.2 Å². The smallest absolute Gasteiger partial charge is 0 e. The first-order valence-electron chi connectivity index (χ1n) is 16.9. The van der Waals surface area contributed by atoms with E-state index < -0.39 is 19.6 Å². The average Bonchev–Trinajstić information content (AvgIpc) is 3.64. The molecule has 237 valence electrons. The van der Waals surface area contributed by atoms with Crippen LogP contribution in [0.2, 0.25) is 17.3 Å². The molecule has 0 N–H and O–H groups in total. The Morgan fingerprint density at radius 2 is 1.61 bits per heavy atom. The largest absolute Gasteiger partial charge is 0 e. The van der Waals surface area contributed by atoms with Crippen LogP contribution in [0, 0.1) is 24.0 Å². The normalized spacial score (nSPS) is 15.2. The Hall–Kier alpha value is -3.31. The van der Waals surface area contributed by atoms with Crippen LogP contribution in [-0.4, -0.2) is 24.0 Å². The second-order valence-corrected chi connectivity index (χ2v) is 24.0. The van der Waals surface area contributed by atoms with Crippen molar-refractivity contribution in [3.8, 4) is 11.3 Å². The Morgan fingerprint density at radius 1 is 0.870 bits per heavy atom.